The molecule has 0 saturated carbocycles. The first-order valence-electron chi connectivity index (χ1n) is 6.70. The van der Waals surface area contributed by atoms with Crippen molar-refractivity contribution in [3.8, 4) is 17.0 Å². The van der Waals surface area contributed by atoms with Crippen molar-refractivity contribution < 1.29 is 9.13 Å². The second-order valence-electron chi connectivity index (χ2n) is 5.96. The summed E-state index contributed by atoms with van der Waals surface area (Å²) in [7, 11) is 1.45. The van der Waals surface area contributed by atoms with Crippen molar-refractivity contribution in [2.45, 2.75) is 33.1 Å². The fourth-order valence-electron chi connectivity index (χ4n) is 2.02. The zero-order valence-corrected chi connectivity index (χ0v) is 13.7. The molecular formula is C16H19FN2OS. The van der Waals surface area contributed by atoms with Crippen LogP contribution in [0.1, 0.15) is 32.2 Å². The number of H-pyrrole nitrogens is 1. The van der Waals surface area contributed by atoms with Crippen LogP contribution in [0.5, 0.6) is 5.75 Å². The maximum absolute atomic E-state index is 14.5. The third-order valence-electron chi connectivity index (χ3n) is 3.32. The SMILES string of the molecule is COc1cccc(-c2[nH]c(C(C)(C)C)nc(=S)c2C)c1F. The number of aromatic amines is 1. The summed E-state index contributed by atoms with van der Waals surface area (Å²) in [4.78, 5) is 7.64. The van der Waals surface area contributed by atoms with Gasteiger partial charge in [0.2, 0.25) is 0 Å². The summed E-state index contributed by atoms with van der Waals surface area (Å²) < 4.78 is 20.0. The number of benzene rings is 1. The minimum atomic E-state index is -0.403. The summed E-state index contributed by atoms with van der Waals surface area (Å²) in [5.74, 6) is 0.537. The Morgan fingerprint density at radius 2 is 1.95 bits per heavy atom. The highest BCUT2D eigenvalue weighted by molar-refractivity contribution is 7.71. The van der Waals surface area contributed by atoms with Gasteiger partial charge in [-0.2, -0.15) is 0 Å². The zero-order valence-electron chi connectivity index (χ0n) is 12.9. The fourth-order valence-corrected chi connectivity index (χ4v) is 2.21. The van der Waals surface area contributed by atoms with Crippen molar-refractivity contribution in [2.24, 2.45) is 0 Å². The molecule has 5 heteroatoms. The van der Waals surface area contributed by atoms with Gasteiger partial charge in [0.05, 0.1) is 12.8 Å². The molecule has 0 spiro atoms. The van der Waals surface area contributed by atoms with Crippen LogP contribution in [0.3, 0.4) is 0 Å². The van der Waals surface area contributed by atoms with E-state index in [0.717, 1.165) is 11.4 Å². The maximum atomic E-state index is 14.5. The molecule has 2 aromatic rings. The van der Waals surface area contributed by atoms with Crippen molar-refractivity contribution >= 4 is 12.2 Å². The zero-order chi connectivity index (χ0) is 15.8. The van der Waals surface area contributed by atoms with Crippen molar-refractivity contribution in [1.82, 2.24) is 9.97 Å². The van der Waals surface area contributed by atoms with Gasteiger partial charge >= 0.3 is 0 Å². The molecule has 0 atom stereocenters. The quantitative estimate of drug-likeness (QED) is 0.827. The smallest absolute Gasteiger partial charge is 0.174 e. The number of halogens is 1. The molecule has 1 heterocycles. The number of aromatic nitrogens is 2. The molecule has 1 N–H and O–H groups in total. The van der Waals surface area contributed by atoms with E-state index in [0.29, 0.717) is 15.9 Å². The number of ether oxygens (including phenoxy) is 1. The standard InChI is InChI=1S/C16H19FN2OS/c1-9-13(10-7-6-8-11(20-5)12(10)17)18-15(16(2,3)4)19-14(9)21/h6-8H,1-5H3,(H,18,19,21). The van der Waals surface area contributed by atoms with Crippen LogP contribution in [-0.4, -0.2) is 17.1 Å². The van der Waals surface area contributed by atoms with Crippen LogP contribution in [0.15, 0.2) is 18.2 Å². The molecule has 0 aliphatic carbocycles. The summed E-state index contributed by atoms with van der Waals surface area (Å²) in [6.07, 6.45) is 0. The molecule has 0 radical (unpaired) electrons. The summed E-state index contributed by atoms with van der Waals surface area (Å²) in [6, 6.07) is 5.05. The van der Waals surface area contributed by atoms with E-state index in [1.165, 1.54) is 7.11 Å². The third kappa shape index (κ3) is 2.97. The first-order chi connectivity index (χ1) is 9.75. The minimum Gasteiger partial charge on any atom is -0.494 e. The van der Waals surface area contributed by atoms with Crippen molar-refractivity contribution in [3.05, 3.63) is 40.0 Å². The van der Waals surface area contributed by atoms with E-state index in [1.54, 1.807) is 18.2 Å². The fraction of sp³-hybridized carbons (Fsp3) is 0.375. The average molecular weight is 306 g/mol. The number of methoxy groups -OCH3 is 1. The van der Waals surface area contributed by atoms with E-state index in [-0.39, 0.29) is 11.2 Å². The Kier molecular flexibility index (Phi) is 4.14. The summed E-state index contributed by atoms with van der Waals surface area (Å²) in [6.45, 7) is 7.93. The molecule has 0 bridgehead atoms. The highest BCUT2D eigenvalue weighted by Crippen LogP contribution is 2.31. The maximum Gasteiger partial charge on any atom is 0.174 e. The van der Waals surface area contributed by atoms with E-state index < -0.39 is 5.82 Å². The van der Waals surface area contributed by atoms with Gasteiger partial charge in [0.1, 0.15) is 10.5 Å². The van der Waals surface area contributed by atoms with Crippen molar-refractivity contribution in [2.75, 3.05) is 7.11 Å². The largest absolute Gasteiger partial charge is 0.494 e. The molecule has 3 nitrogen and oxygen atoms in total. The Morgan fingerprint density at radius 3 is 2.52 bits per heavy atom. The molecule has 21 heavy (non-hydrogen) atoms. The van der Waals surface area contributed by atoms with Crippen LogP contribution in [0.25, 0.3) is 11.3 Å². The van der Waals surface area contributed by atoms with E-state index in [1.807, 2.05) is 27.7 Å². The molecule has 0 unspecified atom stereocenters. The lowest BCUT2D eigenvalue weighted by atomic mass is 9.95. The monoisotopic (exact) mass is 306 g/mol. The Hall–Kier alpha value is -1.75. The molecule has 1 aromatic carbocycles. The van der Waals surface area contributed by atoms with Gasteiger partial charge in [-0.1, -0.05) is 39.1 Å². The molecule has 0 fully saturated rings. The lowest BCUT2D eigenvalue weighted by Gasteiger charge is -2.20. The molecule has 0 aliphatic rings. The number of nitrogens with one attached hydrogen (secondary N) is 1. The molecule has 112 valence electrons. The van der Waals surface area contributed by atoms with Gasteiger partial charge in [0, 0.05) is 16.5 Å². The second-order valence-corrected chi connectivity index (χ2v) is 6.35. The van der Waals surface area contributed by atoms with Crippen LogP contribution in [0, 0.1) is 17.4 Å². The Morgan fingerprint density at radius 1 is 1.29 bits per heavy atom. The Bertz CT molecular complexity index is 732. The summed E-state index contributed by atoms with van der Waals surface area (Å²) >= 11 is 5.32. The van der Waals surface area contributed by atoms with E-state index >= 15 is 0 Å². The predicted octanol–water partition coefficient (Wildman–Crippen LogP) is 4.56. The number of hydrogen-bond donors (Lipinski definition) is 1. The lowest BCUT2D eigenvalue weighted by molar-refractivity contribution is 0.387. The van der Waals surface area contributed by atoms with E-state index in [9.17, 15) is 4.39 Å². The highest BCUT2D eigenvalue weighted by Gasteiger charge is 2.20. The van der Waals surface area contributed by atoms with Crippen LogP contribution < -0.4 is 4.74 Å². The Labute approximate surface area is 129 Å². The van der Waals surface area contributed by atoms with Gasteiger partial charge in [0.25, 0.3) is 0 Å². The van der Waals surface area contributed by atoms with Crippen LogP contribution in [0.2, 0.25) is 0 Å². The Balaban J connectivity index is 2.75. The molecule has 2 rings (SSSR count). The predicted molar refractivity (Wildman–Crippen MR) is 84.8 cm³/mol. The first-order valence-corrected chi connectivity index (χ1v) is 7.10. The van der Waals surface area contributed by atoms with Gasteiger partial charge < -0.3 is 9.72 Å². The molecule has 1 aromatic heterocycles. The molecule has 0 amide bonds. The van der Waals surface area contributed by atoms with Gasteiger partial charge in [0.15, 0.2) is 11.6 Å². The number of rotatable bonds is 2. The second kappa shape index (κ2) is 5.56. The highest BCUT2D eigenvalue weighted by atomic mass is 32.1. The minimum absolute atomic E-state index is 0.203. The molecule has 0 aliphatic heterocycles. The average Bonchev–Trinajstić information content (AvgIpc) is 2.41. The van der Waals surface area contributed by atoms with Crippen LogP contribution >= 0.6 is 12.2 Å². The van der Waals surface area contributed by atoms with Gasteiger partial charge in [-0.05, 0) is 19.1 Å². The summed E-state index contributed by atoms with van der Waals surface area (Å²) in [5, 5.41) is 0. The van der Waals surface area contributed by atoms with Crippen LogP contribution in [-0.2, 0) is 5.41 Å². The number of nitrogens with zero attached hydrogens (tertiary/aromatic N) is 1. The summed E-state index contributed by atoms with van der Waals surface area (Å²) in [5.41, 5.74) is 1.64. The molecular weight excluding hydrogens is 287 g/mol. The van der Waals surface area contributed by atoms with Crippen LogP contribution in [0.4, 0.5) is 4.39 Å². The van der Waals surface area contributed by atoms with Crippen molar-refractivity contribution in [3.63, 3.8) is 0 Å². The lowest BCUT2D eigenvalue weighted by Crippen LogP contribution is -2.17. The molecule has 0 saturated heterocycles. The van der Waals surface area contributed by atoms with Gasteiger partial charge in [-0.15, -0.1) is 0 Å². The van der Waals surface area contributed by atoms with Gasteiger partial charge in [-0.25, -0.2) is 9.37 Å². The topological polar surface area (TPSA) is 37.9 Å². The third-order valence-corrected chi connectivity index (χ3v) is 3.71. The van der Waals surface area contributed by atoms with E-state index in [2.05, 4.69) is 9.97 Å². The van der Waals surface area contributed by atoms with Gasteiger partial charge in [-0.3, -0.25) is 0 Å². The number of hydrogen-bond acceptors (Lipinski definition) is 3. The van der Waals surface area contributed by atoms with Crippen molar-refractivity contribution in [1.29, 1.82) is 0 Å². The first kappa shape index (κ1) is 15.6. The van der Waals surface area contributed by atoms with E-state index in [4.69, 9.17) is 17.0 Å². The normalized spacial score (nSPS) is 11.5.